The predicted octanol–water partition coefficient (Wildman–Crippen LogP) is 1.30. The molecule has 2 aliphatic rings. The molecule has 1 aromatic rings. The summed E-state index contributed by atoms with van der Waals surface area (Å²) in [5.41, 5.74) is 2.68. The molecule has 0 spiro atoms. The van der Waals surface area contributed by atoms with Crippen LogP contribution in [-0.2, 0) is 22.5 Å². The Bertz CT molecular complexity index is 539. The number of carbonyl (C=O) groups is 1. The molecule has 2 aliphatic heterocycles. The summed E-state index contributed by atoms with van der Waals surface area (Å²) in [7, 11) is 1.45. The van der Waals surface area contributed by atoms with Crippen molar-refractivity contribution in [1.29, 1.82) is 0 Å². The molecule has 1 saturated heterocycles. The Morgan fingerprint density at radius 1 is 1.32 bits per heavy atom. The number of nitrogens with zero attached hydrogens (tertiary/aromatic N) is 2. The molecule has 0 N–H and O–H groups in total. The van der Waals surface area contributed by atoms with Crippen LogP contribution in [0.15, 0.2) is 18.2 Å². The third-order valence-corrected chi connectivity index (χ3v) is 4.66. The van der Waals surface area contributed by atoms with Gasteiger partial charge in [0.2, 0.25) is 0 Å². The lowest BCUT2D eigenvalue weighted by atomic mass is 10.1. The zero-order valence-corrected chi connectivity index (χ0v) is 13.4. The first-order valence-corrected chi connectivity index (χ1v) is 7.96. The van der Waals surface area contributed by atoms with Gasteiger partial charge in [-0.15, -0.1) is 0 Å². The summed E-state index contributed by atoms with van der Waals surface area (Å²) in [6, 6.07) is 6.37. The van der Waals surface area contributed by atoms with E-state index in [2.05, 4.69) is 28.0 Å². The van der Waals surface area contributed by atoms with Crippen LogP contribution in [0.3, 0.4) is 0 Å². The van der Waals surface area contributed by atoms with Crippen LogP contribution < -0.4 is 4.74 Å². The van der Waals surface area contributed by atoms with Crippen LogP contribution in [0.25, 0.3) is 0 Å². The second kappa shape index (κ2) is 6.67. The van der Waals surface area contributed by atoms with E-state index >= 15 is 0 Å². The quantitative estimate of drug-likeness (QED) is 0.784. The Morgan fingerprint density at radius 3 is 2.82 bits per heavy atom. The molecule has 0 saturated carbocycles. The van der Waals surface area contributed by atoms with Crippen molar-refractivity contribution in [2.24, 2.45) is 0 Å². The highest BCUT2D eigenvalue weighted by Crippen LogP contribution is 2.26. The van der Waals surface area contributed by atoms with Gasteiger partial charge in [-0.3, -0.25) is 14.6 Å². The minimum Gasteiger partial charge on any atom is -0.493 e. The van der Waals surface area contributed by atoms with Crippen molar-refractivity contribution in [3.8, 4) is 5.75 Å². The molecule has 2 heterocycles. The fourth-order valence-electron chi connectivity index (χ4n) is 3.22. The number of hydrogen-bond acceptors (Lipinski definition) is 5. The van der Waals surface area contributed by atoms with Crippen LogP contribution in [-0.4, -0.2) is 61.7 Å². The number of rotatable bonds is 4. The van der Waals surface area contributed by atoms with Crippen molar-refractivity contribution in [2.75, 3.05) is 39.9 Å². The maximum atomic E-state index is 11.6. The molecule has 5 nitrogen and oxygen atoms in total. The number of carbonyl (C=O) groups excluding carboxylic acids is 1. The fraction of sp³-hybridized carbons (Fsp3) is 0.588. The van der Waals surface area contributed by atoms with Crippen molar-refractivity contribution in [3.05, 3.63) is 29.3 Å². The SMILES string of the molecule is COC(=O)C(C)N1CCN(Cc2ccc3c(c2)CCO3)CC1. The van der Waals surface area contributed by atoms with E-state index in [1.807, 2.05) is 6.92 Å². The Morgan fingerprint density at radius 2 is 2.09 bits per heavy atom. The molecular weight excluding hydrogens is 280 g/mol. The zero-order valence-electron chi connectivity index (χ0n) is 13.4. The summed E-state index contributed by atoms with van der Waals surface area (Å²) in [6.07, 6.45) is 1.02. The van der Waals surface area contributed by atoms with E-state index in [1.54, 1.807) is 0 Å². The van der Waals surface area contributed by atoms with Crippen LogP contribution in [0.2, 0.25) is 0 Å². The van der Waals surface area contributed by atoms with Crippen LogP contribution in [0, 0.1) is 0 Å². The monoisotopic (exact) mass is 304 g/mol. The van der Waals surface area contributed by atoms with Crippen molar-refractivity contribution < 1.29 is 14.3 Å². The molecule has 1 atom stereocenters. The van der Waals surface area contributed by atoms with Gasteiger partial charge in [-0.05, 0) is 24.1 Å². The van der Waals surface area contributed by atoms with Gasteiger partial charge < -0.3 is 9.47 Å². The van der Waals surface area contributed by atoms with E-state index in [1.165, 1.54) is 18.2 Å². The normalized spacial score (nSPS) is 20.3. The molecule has 1 fully saturated rings. The van der Waals surface area contributed by atoms with Gasteiger partial charge in [-0.2, -0.15) is 0 Å². The number of fused-ring (bicyclic) bond motifs is 1. The molecular formula is C17H24N2O3. The standard InChI is InChI=1S/C17H24N2O3/c1-13(17(20)21-2)19-8-6-18(7-9-19)12-14-3-4-16-15(11-14)5-10-22-16/h3-4,11,13H,5-10,12H2,1-2H3. The number of ether oxygens (including phenoxy) is 2. The number of piperazine rings is 1. The molecule has 0 radical (unpaired) electrons. The summed E-state index contributed by atoms with van der Waals surface area (Å²) in [5.74, 6) is 0.896. The van der Waals surface area contributed by atoms with E-state index < -0.39 is 0 Å². The molecule has 0 aliphatic carbocycles. The minimum atomic E-state index is -0.149. The van der Waals surface area contributed by atoms with Gasteiger partial charge in [0, 0.05) is 39.1 Å². The highest BCUT2D eigenvalue weighted by molar-refractivity contribution is 5.75. The molecule has 1 aromatic carbocycles. The van der Waals surface area contributed by atoms with Gasteiger partial charge in [0.1, 0.15) is 11.8 Å². The summed E-state index contributed by atoms with van der Waals surface area (Å²) < 4.78 is 10.4. The highest BCUT2D eigenvalue weighted by Gasteiger charge is 2.26. The Hall–Kier alpha value is -1.59. The first-order chi connectivity index (χ1) is 10.7. The average Bonchev–Trinajstić information content (AvgIpc) is 3.02. The Balaban J connectivity index is 1.53. The van der Waals surface area contributed by atoms with E-state index in [0.717, 1.165) is 51.5 Å². The third-order valence-electron chi connectivity index (χ3n) is 4.66. The smallest absolute Gasteiger partial charge is 0.322 e. The van der Waals surface area contributed by atoms with Crippen molar-refractivity contribution in [3.63, 3.8) is 0 Å². The molecule has 0 aromatic heterocycles. The molecule has 0 bridgehead atoms. The van der Waals surface area contributed by atoms with Crippen LogP contribution in [0.4, 0.5) is 0 Å². The Labute approximate surface area is 131 Å². The summed E-state index contributed by atoms with van der Waals surface area (Å²) >= 11 is 0. The van der Waals surface area contributed by atoms with Crippen LogP contribution in [0.1, 0.15) is 18.1 Å². The average molecular weight is 304 g/mol. The molecule has 3 rings (SSSR count). The zero-order chi connectivity index (χ0) is 15.5. The van der Waals surface area contributed by atoms with E-state index in [-0.39, 0.29) is 12.0 Å². The van der Waals surface area contributed by atoms with Crippen molar-refractivity contribution >= 4 is 5.97 Å². The van der Waals surface area contributed by atoms with Crippen molar-refractivity contribution in [1.82, 2.24) is 9.80 Å². The molecule has 22 heavy (non-hydrogen) atoms. The van der Waals surface area contributed by atoms with Gasteiger partial charge in [0.05, 0.1) is 13.7 Å². The maximum Gasteiger partial charge on any atom is 0.322 e. The molecule has 5 heteroatoms. The highest BCUT2D eigenvalue weighted by atomic mass is 16.5. The van der Waals surface area contributed by atoms with E-state index in [9.17, 15) is 4.79 Å². The van der Waals surface area contributed by atoms with Gasteiger partial charge >= 0.3 is 5.97 Å². The first kappa shape index (κ1) is 15.3. The van der Waals surface area contributed by atoms with Gasteiger partial charge in [0.15, 0.2) is 0 Å². The minimum absolute atomic E-state index is 0.146. The first-order valence-electron chi connectivity index (χ1n) is 7.96. The number of methoxy groups -OCH3 is 1. The molecule has 120 valence electrons. The maximum absolute atomic E-state index is 11.6. The number of esters is 1. The largest absolute Gasteiger partial charge is 0.493 e. The lowest BCUT2D eigenvalue weighted by molar-refractivity contribution is -0.147. The number of benzene rings is 1. The van der Waals surface area contributed by atoms with Gasteiger partial charge in [-0.1, -0.05) is 12.1 Å². The summed E-state index contributed by atoms with van der Waals surface area (Å²) in [4.78, 5) is 16.2. The topological polar surface area (TPSA) is 42.0 Å². The van der Waals surface area contributed by atoms with E-state index in [4.69, 9.17) is 9.47 Å². The van der Waals surface area contributed by atoms with Crippen LogP contribution in [0.5, 0.6) is 5.75 Å². The molecule has 1 unspecified atom stereocenters. The fourth-order valence-corrected chi connectivity index (χ4v) is 3.22. The predicted molar refractivity (Wildman–Crippen MR) is 84.0 cm³/mol. The number of hydrogen-bond donors (Lipinski definition) is 0. The lowest BCUT2D eigenvalue weighted by Gasteiger charge is -2.37. The Kier molecular flexibility index (Phi) is 4.64. The summed E-state index contributed by atoms with van der Waals surface area (Å²) in [6.45, 7) is 7.47. The van der Waals surface area contributed by atoms with Crippen molar-refractivity contribution in [2.45, 2.75) is 25.9 Å². The lowest BCUT2D eigenvalue weighted by Crippen LogP contribution is -2.51. The third kappa shape index (κ3) is 3.25. The molecule has 0 amide bonds. The second-order valence-electron chi connectivity index (χ2n) is 6.05. The van der Waals surface area contributed by atoms with Gasteiger partial charge in [0.25, 0.3) is 0 Å². The van der Waals surface area contributed by atoms with Crippen LogP contribution >= 0.6 is 0 Å². The van der Waals surface area contributed by atoms with E-state index in [0.29, 0.717) is 0 Å². The van der Waals surface area contributed by atoms with Gasteiger partial charge in [-0.25, -0.2) is 0 Å². The summed E-state index contributed by atoms with van der Waals surface area (Å²) in [5, 5.41) is 0. The second-order valence-corrected chi connectivity index (χ2v) is 6.05.